The van der Waals surface area contributed by atoms with Crippen LogP contribution in [0.4, 0.5) is 5.69 Å². The van der Waals surface area contributed by atoms with Crippen LogP contribution in [0.5, 0.6) is 0 Å². The molecule has 1 N–H and O–H groups in total. The fourth-order valence-corrected chi connectivity index (χ4v) is 2.96. The van der Waals surface area contributed by atoms with Gasteiger partial charge in [0.15, 0.2) is 0 Å². The number of hydrogen-bond acceptors (Lipinski definition) is 4. The Morgan fingerprint density at radius 1 is 1.33 bits per heavy atom. The highest BCUT2D eigenvalue weighted by Crippen LogP contribution is 2.20. The molecule has 1 atom stereocenters. The van der Waals surface area contributed by atoms with Gasteiger partial charge in [0.2, 0.25) is 5.91 Å². The molecule has 1 fully saturated rings. The molecule has 1 aliphatic heterocycles. The second-order valence-corrected chi connectivity index (χ2v) is 5.59. The summed E-state index contributed by atoms with van der Waals surface area (Å²) in [6.07, 6.45) is 1.53. The number of aromatic nitrogens is 1. The lowest BCUT2D eigenvalue weighted by Gasteiger charge is -2.32. The van der Waals surface area contributed by atoms with Gasteiger partial charge in [-0.15, -0.1) is 11.3 Å². The summed E-state index contributed by atoms with van der Waals surface area (Å²) in [4.78, 5) is 30.2. The number of carbonyl (C=O) groups is 2. The quantitative estimate of drug-likeness (QED) is 0.944. The zero-order valence-corrected chi connectivity index (χ0v) is 12.2. The van der Waals surface area contributed by atoms with Crippen molar-refractivity contribution in [1.29, 1.82) is 0 Å². The first-order valence-corrected chi connectivity index (χ1v) is 7.75. The van der Waals surface area contributed by atoms with Crippen molar-refractivity contribution in [3.05, 3.63) is 46.9 Å². The minimum Gasteiger partial charge on any atom is -0.339 e. The zero-order valence-electron chi connectivity index (χ0n) is 11.4. The van der Waals surface area contributed by atoms with E-state index < -0.39 is 6.04 Å². The maximum absolute atomic E-state index is 12.5. The predicted octanol–water partition coefficient (Wildman–Crippen LogP) is 2.07. The number of para-hydroxylation sites is 1. The number of amides is 2. The van der Waals surface area contributed by atoms with Crippen LogP contribution in [0.25, 0.3) is 0 Å². The largest absolute Gasteiger partial charge is 0.339 e. The SMILES string of the molecule is O=C(N[C@H]1CCCN(c2ccccc2)C1=O)c1cscn1. The van der Waals surface area contributed by atoms with Gasteiger partial charge < -0.3 is 10.2 Å². The number of nitrogens with zero attached hydrogens (tertiary/aromatic N) is 2. The van der Waals surface area contributed by atoms with E-state index in [1.807, 2.05) is 30.3 Å². The van der Waals surface area contributed by atoms with Crippen molar-refractivity contribution in [3.63, 3.8) is 0 Å². The number of nitrogens with one attached hydrogen (secondary N) is 1. The molecule has 1 aromatic carbocycles. The third kappa shape index (κ3) is 2.95. The number of piperidine rings is 1. The molecule has 3 rings (SSSR count). The van der Waals surface area contributed by atoms with Crippen LogP contribution in [0.1, 0.15) is 23.3 Å². The van der Waals surface area contributed by atoms with Crippen LogP contribution in [-0.4, -0.2) is 29.4 Å². The average molecular weight is 301 g/mol. The Bertz CT molecular complexity index is 628. The minimum absolute atomic E-state index is 0.0592. The van der Waals surface area contributed by atoms with Crippen molar-refractivity contribution in [2.75, 3.05) is 11.4 Å². The lowest BCUT2D eigenvalue weighted by atomic mass is 10.0. The molecule has 0 saturated carbocycles. The molecule has 21 heavy (non-hydrogen) atoms. The van der Waals surface area contributed by atoms with Crippen LogP contribution in [0, 0.1) is 0 Å². The highest BCUT2D eigenvalue weighted by Gasteiger charge is 2.31. The number of thiazole rings is 1. The monoisotopic (exact) mass is 301 g/mol. The average Bonchev–Trinajstić information content (AvgIpc) is 3.05. The molecule has 0 radical (unpaired) electrons. The number of rotatable bonds is 3. The van der Waals surface area contributed by atoms with E-state index in [0.717, 1.165) is 12.1 Å². The smallest absolute Gasteiger partial charge is 0.271 e. The summed E-state index contributed by atoms with van der Waals surface area (Å²) in [5.74, 6) is -0.347. The Morgan fingerprint density at radius 2 is 2.14 bits per heavy atom. The van der Waals surface area contributed by atoms with Gasteiger partial charge in [-0.1, -0.05) is 18.2 Å². The molecule has 6 heteroatoms. The van der Waals surface area contributed by atoms with Crippen molar-refractivity contribution < 1.29 is 9.59 Å². The Hall–Kier alpha value is -2.21. The molecule has 0 bridgehead atoms. The predicted molar refractivity (Wildman–Crippen MR) is 81.4 cm³/mol. The Morgan fingerprint density at radius 3 is 2.86 bits per heavy atom. The molecule has 1 aliphatic rings. The Balaban J connectivity index is 1.72. The minimum atomic E-state index is -0.479. The summed E-state index contributed by atoms with van der Waals surface area (Å²) < 4.78 is 0. The summed E-state index contributed by atoms with van der Waals surface area (Å²) in [7, 11) is 0. The Labute approximate surface area is 126 Å². The van der Waals surface area contributed by atoms with E-state index in [4.69, 9.17) is 0 Å². The van der Waals surface area contributed by atoms with E-state index in [2.05, 4.69) is 10.3 Å². The van der Waals surface area contributed by atoms with Gasteiger partial charge in [-0.2, -0.15) is 0 Å². The van der Waals surface area contributed by atoms with Crippen molar-refractivity contribution in [1.82, 2.24) is 10.3 Å². The summed E-state index contributed by atoms with van der Waals surface area (Å²) in [6, 6.07) is 9.05. The summed E-state index contributed by atoms with van der Waals surface area (Å²) >= 11 is 1.36. The van der Waals surface area contributed by atoms with Crippen molar-refractivity contribution >= 4 is 28.8 Å². The third-order valence-corrected chi connectivity index (χ3v) is 4.06. The first-order valence-electron chi connectivity index (χ1n) is 6.81. The standard InChI is InChI=1S/C15H15N3O2S/c19-14(13-9-21-10-16-13)17-12-7-4-8-18(15(12)20)11-5-2-1-3-6-11/h1-3,5-6,9-10,12H,4,7-8H2,(H,17,19)/t12-/m0/s1. The number of carbonyl (C=O) groups excluding carboxylic acids is 2. The van der Waals surface area contributed by atoms with Gasteiger partial charge in [-0.3, -0.25) is 9.59 Å². The van der Waals surface area contributed by atoms with Crippen molar-refractivity contribution in [3.8, 4) is 0 Å². The number of benzene rings is 1. The molecular formula is C15H15N3O2S. The summed E-state index contributed by atoms with van der Waals surface area (Å²) in [6.45, 7) is 0.686. The molecular weight excluding hydrogens is 286 g/mol. The summed E-state index contributed by atoms with van der Waals surface area (Å²) in [5, 5.41) is 4.46. The molecule has 0 unspecified atom stereocenters. The van der Waals surface area contributed by atoms with Gasteiger partial charge in [0.1, 0.15) is 11.7 Å². The highest BCUT2D eigenvalue weighted by molar-refractivity contribution is 7.07. The molecule has 2 aromatic rings. The maximum Gasteiger partial charge on any atom is 0.271 e. The van der Waals surface area contributed by atoms with Gasteiger partial charge in [0.05, 0.1) is 5.51 Å². The summed E-state index contributed by atoms with van der Waals surface area (Å²) in [5.41, 5.74) is 2.84. The number of anilines is 1. The van der Waals surface area contributed by atoms with Crippen molar-refractivity contribution in [2.45, 2.75) is 18.9 Å². The van der Waals surface area contributed by atoms with E-state index in [9.17, 15) is 9.59 Å². The van der Waals surface area contributed by atoms with Gasteiger partial charge in [0.25, 0.3) is 5.91 Å². The van der Waals surface area contributed by atoms with Gasteiger partial charge in [-0.05, 0) is 25.0 Å². The van der Waals surface area contributed by atoms with E-state index in [-0.39, 0.29) is 11.8 Å². The van der Waals surface area contributed by atoms with Crippen LogP contribution >= 0.6 is 11.3 Å². The molecule has 2 amide bonds. The molecule has 5 nitrogen and oxygen atoms in total. The third-order valence-electron chi connectivity index (χ3n) is 3.48. The van der Waals surface area contributed by atoms with Crippen LogP contribution in [0.15, 0.2) is 41.2 Å². The fraction of sp³-hybridized carbons (Fsp3) is 0.267. The van der Waals surface area contributed by atoms with Gasteiger partial charge in [-0.25, -0.2) is 4.98 Å². The zero-order chi connectivity index (χ0) is 14.7. The molecule has 1 saturated heterocycles. The lowest BCUT2D eigenvalue weighted by Crippen LogP contribution is -2.52. The molecule has 0 aliphatic carbocycles. The van der Waals surface area contributed by atoms with E-state index in [1.165, 1.54) is 11.3 Å². The second kappa shape index (κ2) is 6.05. The van der Waals surface area contributed by atoms with Gasteiger partial charge in [0, 0.05) is 17.6 Å². The van der Waals surface area contributed by atoms with Crippen LogP contribution < -0.4 is 10.2 Å². The maximum atomic E-state index is 12.5. The second-order valence-electron chi connectivity index (χ2n) is 4.87. The molecule has 0 spiro atoms. The van der Waals surface area contributed by atoms with E-state index in [1.54, 1.807) is 15.8 Å². The van der Waals surface area contributed by atoms with E-state index >= 15 is 0 Å². The molecule has 2 heterocycles. The normalized spacial score (nSPS) is 18.6. The van der Waals surface area contributed by atoms with Crippen LogP contribution in [0.2, 0.25) is 0 Å². The first-order chi connectivity index (χ1) is 10.3. The fourth-order valence-electron chi connectivity index (χ4n) is 2.43. The van der Waals surface area contributed by atoms with Crippen LogP contribution in [0.3, 0.4) is 0 Å². The highest BCUT2D eigenvalue weighted by atomic mass is 32.1. The molecule has 1 aromatic heterocycles. The number of hydrogen-bond donors (Lipinski definition) is 1. The van der Waals surface area contributed by atoms with Crippen molar-refractivity contribution in [2.24, 2.45) is 0 Å². The topological polar surface area (TPSA) is 62.3 Å². The van der Waals surface area contributed by atoms with Crippen LogP contribution in [-0.2, 0) is 4.79 Å². The lowest BCUT2D eigenvalue weighted by molar-refractivity contribution is -0.121. The first kappa shape index (κ1) is 13.8. The van der Waals surface area contributed by atoms with Gasteiger partial charge >= 0.3 is 0 Å². The Kier molecular flexibility index (Phi) is 3.96. The van der Waals surface area contributed by atoms with E-state index in [0.29, 0.717) is 18.7 Å². The molecule has 108 valence electrons.